The Bertz CT molecular complexity index is 845. The first kappa shape index (κ1) is 18.7. The van der Waals surface area contributed by atoms with Crippen LogP contribution in [-0.2, 0) is 17.0 Å². The molecule has 0 aliphatic rings. The first-order valence-corrected chi connectivity index (χ1v) is 10.3. The van der Waals surface area contributed by atoms with Crippen LogP contribution in [0.25, 0.3) is 0 Å². The Morgan fingerprint density at radius 1 is 1.27 bits per heavy atom. The number of aromatic nitrogens is 2. The van der Waals surface area contributed by atoms with Crippen LogP contribution >= 0.6 is 23.1 Å². The van der Waals surface area contributed by atoms with Crippen LogP contribution in [0.1, 0.15) is 43.4 Å². The van der Waals surface area contributed by atoms with E-state index in [1.54, 1.807) is 24.2 Å². The highest BCUT2D eigenvalue weighted by Crippen LogP contribution is 2.31. The summed E-state index contributed by atoms with van der Waals surface area (Å²) in [6.45, 7) is 4.09. The molecule has 0 radical (unpaired) electrons. The van der Waals surface area contributed by atoms with E-state index in [2.05, 4.69) is 22.2 Å². The van der Waals surface area contributed by atoms with E-state index in [0.717, 1.165) is 22.0 Å². The van der Waals surface area contributed by atoms with E-state index in [9.17, 15) is 4.79 Å². The zero-order valence-electron chi connectivity index (χ0n) is 14.8. The highest BCUT2D eigenvalue weighted by Gasteiger charge is 2.13. The van der Waals surface area contributed by atoms with Gasteiger partial charge in [-0.25, -0.2) is 9.97 Å². The molecule has 0 saturated carbocycles. The van der Waals surface area contributed by atoms with Crippen molar-refractivity contribution in [1.82, 2.24) is 9.97 Å². The van der Waals surface area contributed by atoms with Crippen LogP contribution < -0.4 is 5.32 Å². The standard InChI is InChI=1S/C19H21N3O2S2/c1-3-15-10-20-17(24-15)12-25-18-11-21-19(26-18)22-16(23)9-13(2)14-7-5-4-6-8-14/h4-8,10-11,13H,3,9,12H2,1-2H3,(H,21,22,23). The average molecular weight is 388 g/mol. The maximum Gasteiger partial charge on any atom is 0.226 e. The lowest BCUT2D eigenvalue weighted by atomic mass is 9.98. The summed E-state index contributed by atoms with van der Waals surface area (Å²) in [5.74, 6) is 2.41. The molecule has 1 aromatic carbocycles. The molecule has 3 aromatic rings. The number of hydrogen-bond donors (Lipinski definition) is 1. The second-order valence-electron chi connectivity index (χ2n) is 5.91. The molecule has 0 spiro atoms. The number of thioether (sulfide) groups is 1. The Balaban J connectivity index is 1.49. The van der Waals surface area contributed by atoms with E-state index < -0.39 is 0 Å². The number of benzene rings is 1. The van der Waals surface area contributed by atoms with Crippen molar-refractivity contribution in [3.05, 3.63) is 59.9 Å². The molecule has 0 saturated heterocycles. The lowest BCUT2D eigenvalue weighted by molar-refractivity contribution is -0.116. The van der Waals surface area contributed by atoms with Gasteiger partial charge in [-0.05, 0) is 11.5 Å². The molecule has 136 valence electrons. The van der Waals surface area contributed by atoms with Gasteiger partial charge in [0, 0.05) is 12.8 Å². The van der Waals surface area contributed by atoms with E-state index in [4.69, 9.17) is 4.42 Å². The van der Waals surface area contributed by atoms with Gasteiger partial charge in [0.05, 0.1) is 22.4 Å². The van der Waals surface area contributed by atoms with Crippen molar-refractivity contribution in [3.63, 3.8) is 0 Å². The van der Waals surface area contributed by atoms with Crippen molar-refractivity contribution in [2.75, 3.05) is 5.32 Å². The highest BCUT2D eigenvalue weighted by molar-refractivity contribution is 8.00. The summed E-state index contributed by atoms with van der Waals surface area (Å²) < 4.78 is 6.62. The summed E-state index contributed by atoms with van der Waals surface area (Å²) in [6.07, 6.45) is 4.81. The Hall–Kier alpha value is -2.12. The average Bonchev–Trinajstić information content (AvgIpc) is 3.29. The number of thiazole rings is 1. The minimum absolute atomic E-state index is 0.0208. The fourth-order valence-corrected chi connectivity index (χ4v) is 4.18. The Labute approximate surface area is 161 Å². The van der Waals surface area contributed by atoms with E-state index in [1.807, 2.05) is 37.3 Å². The molecular formula is C19H21N3O2S2. The molecule has 1 atom stereocenters. The largest absolute Gasteiger partial charge is 0.445 e. The third-order valence-electron chi connectivity index (χ3n) is 3.88. The monoisotopic (exact) mass is 387 g/mol. The second-order valence-corrected chi connectivity index (χ2v) is 8.22. The summed E-state index contributed by atoms with van der Waals surface area (Å²) in [7, 11) is 0. The van der Waals surface area contributed by atoms with Crippen LogP contribution in [-0.4, -0.2) is 15.9 Å². The zero-order valence-corrected chi connectivity index (χ0v) is 16.4. The van der Waals surface area contributed by atoms with Crippen LogP contribution in [0.5, 0.6) is 0 Å². The van der Waals surface area contributed by atoms with Gasteiger partial charge in [0.2, 0.25) is 11.8 Å². The molecular weight excluding hydrogens is 366 g/mol. The molecule has 0 bridgehead atoms. The minimum Gasteiger partial charge on any atom is -0.445 e. The number of anilines is 1. The Morgan fingerprint density at radius 2 is 2.08 bits per heavy atom. The van der Waals surface area contributed by atoms with Gasteiger partial charge in [-0.2, -0.15) is 0 Å². The van der Waals surface area contributed by atoms with Crippen molar-refractivity contribution in [2.45, 2.75) is 42.6 Å². The summed E-state index contributed by atoms with van der Waals surface area (Å²) >= 11 is 3.07. The van der Waals surface area contributed by atoms with E-state index in [1.165, 1.54) is 11.3 Å². The van der Waals surface area contributed by atoms with Crippen LogP contribution in [0.15, 0.2) is 51.4 Å². The van der Waals surface area contributed by atoms with Gasteiger partial charge >= 0.3 is 0 Å². The number of rotatable bonds is 8. The number of hydrogen-bond acceptors (Lipinski definition) is 6. The first-order valence-electron chi connectivity index (χ1n) is 8.51. The van der Waals surface area contributed by atoms with E-state index in [-0.39, 0.29) is 11.8 Å². The fourth-order valence-electron chi connectivity index (χ4n) is 2.44. The number of carbonyl (C=O) groups excluding carboxylic acids is 1. The normalized spacial score (nSPS) is 12.1. The van der Waals surface area contributed by atoms with Crippen molar-refractivity contribution in [3.8, 4) is 0 Å². The minimum atomic E-state index is -0.0208. The van der Waals surface area contributed by atoms with Crippen molar-refractivity contribution in [1.29, 1.82) is 0 Å². The first-order chi connectivity index (χ1) is 12.6. The lowest BCUT2D eigenvalue weighted by Crippen LogP contribution is -2.14. The molecule has 5 nitrogen and oxygen atoms in total. The number of oxazole rings is 1. The fraction of sp³-hybridized carbons (Fsp3) is 0.316. The molecule has 1 N–H and O–H groups in total. The number of amides is 1. The molecule has 2 aromatic heterocycles. The molecule has 0 fully saturated rings. The SMILES string of the molecule is CCc1cnc(CSc2cnc(NC(=O)CC(C)c3ccccc3)s2)o1. The molecule has 7 heteroatoms. The van der Waals surface area contributed by atoms with Crippen LogP contribution in [0.2, 0.25) is 0 Å². The molecule has 1 amide bonds. The Kier molecular flexibility index (Phi) is 6.46. The molecule has 0 aliphatic heterocycles. The van der Waals surface area contributed by atoms with Gasteiger partial charge in [-0.1, -0.05) is 55.5 Å². The van der Waals surface area contributed by atoms with Crippen LogP contribution in [0.3, 0.4) is 0 Å². The van der Waals surface area contributed by atoms with Crippen molar-refractivity contribution in [2.24, 2.45) is 0 Å². The topological polar surface area (TPSA) is 68.0 Å². The van der Waals surface area contributed by atoms with Gasteiger partial charge in [-0.15, -0.1) is 11.8 Å². The summed E-state index contributed by atoms with van der Waals surface area (Å²) in [5, 5.41) is 3.51. The number of aryl methyl sites for hydroxylation is 1. The summed E-state index contributed by atoms with van der Waals surface area (Å²) in [5.41, 5.74) is 1.16. The maximum atomic E-state index is 12.2. The van der Waals surface area contributed by atoms with Gasteiger partial charge < -0.3 is 9.73 Å². The second kappa shape index (κ2) is 9.00. The third kappa shape index (κ3) is 5.19. The predicted octanol–water partition coefficient (Wildman–Crippen LogP) is 5.12. The maximum absolute atomic E-state index is 12.2. The third-order valence-corrected chi connectivity index (χ3v) is 5.97. The molecule has 3 rings (SSSR count). The summed E-state index contributed by atoms with van der Waals surface area (Å²) in [6, 6.07) is 10.1. The molecule has 26 heavy (non-hydrogen) atoms. The van der Waals surface area contributed by atoms with Crippen LogP contribution in [0.4, 0.5) is 5.13 Å². The number of nitrogens with zero attached hydrogens (tertiary/aromatic N) is 2. The predicted molar refractivity (Wildman–Crippen MR) is 106 cm³/mol. The number of carbonyl (C=O) groups is 1. The molecule has 1 unspecified atom stereocenters. The smallest absolute Gasteiger partial charge is 0.226 e. The lowest BCUT2D eigenvalue weighted by Gasteiger charge is -2.10. The van der Waals surface area contributed by atoms with Gasteiger partial charge in [-0.3, -0.25) is 4.79 Å². The molecule has 0 aliphatic carbocycles. The Morgan fingerprint density at radius 3 is 2.81 bits per heavy atom. The summed E-state index contributed by atoms with van der Waals surface area (Å²) in [4.78, 5) is 20.8. The van der Waals surface area contributed by atoms with Crippen molar-refractivity contribution < 1.29 is 9.21 Å². The quantitative estimate of drug-likeness (QED) is 0.544. The van der Waals surface area contributed by atoms with Gasteiger partial charge in [0.25, 0.3) is 0 Å². The molecule has 2 heterocycles. The number of nitrogens with one attached hydrogen (secondary N) is 1. The van der Waals surface area contributed by atoms with Gasteiger partial charge in [0.15, 0.2) is 5.13 Å². The van der Waals surface area contributed by atoms with Crippen molar-refractivity contribution >= 4 is 34.1 Å². The van der Waals surface area contributed by atoms with E-state index in [0.29, 0.717) is 23.2 Å². The highest BCUT2D eigenvalue weighted by atomic mass is 32.2. The van der Waals surface area contributed by atoms with Crippen LogP contribution in [0, 0.1) is 0 Å². The van der Waals surface area contributed by atoms with E-state index >= 15 is 0 Å². The van der Waals surface area contributed by atoms with Gasteiger partial charge in [0.1, 0.15) is 5.76 Å². The zero-order chi connectivity index (χ0) is 18.4.